The predicted octanol–water partition coefficient (Wildman–Crippen LogP) is 4.39. The molecule has 0 unspecified atom stereocenters. The molecule has 0 aromatic heterocycles. The van der Waals surface area contributed by atoms with E-state index in [-0.39, 0.29) is 24.2 Å². The van der Waals surface area contributed by atoms with E-state index in [0.29, 0.717) is 19.3 Å². The maximum Gasteiger partial charge on any atom is 0.311 e. The highest BCUT2D eigenvalue weighted by Gasteiger charge is 2.52. The standard InChI is InChI=1S/C37H66O11/c1-14-25-36(11,12)30(40)21(5)27(38)19(3)16-37(13,43)32(48-34-28(39)18(2)15-20(4)44-34)22(6)29(23(7)33(42)46-25)47-26-17-35(9,10)31(41)24(8)45-26/h18-26,28-32,34,39-41,43H,14-17H2,1-13H3/t18-,19+,20+,21-,22-,23+,24-,25+,26-,28+,29-,30+,31-,32+,34-,37-/m0/s1. The summed E-state index contributed by atoms with van der Waals surface area (Å²) >= 11 is 0. The van der Waals surface area contributed by atoms with Crippen LogP contribution < -0.4 is 0 Å². The Morgan fingerprint density at radius 1 is 0.833 bits per heavy atom. The molecule has 11 heteroatoms. The lowest BCUT2D eigenvalue weighted by atomic mass is 9.70. The number of ether oxygens (including phenoxy) is 5. The monoisotopic (exact) mass is 686 g/mol. The van der Waals surface area contributed by atoms with Crippen molar-refractivity contribution in [1.29, 1.82) is 0 Å². The summed E-state index contributed by atoms with van der Waals surface area (Å²) < 4.78 is 31.6. The summed E-state index contributed by atoms with van der Waals surface area (Å²) in [4.78, 5) is 27.9. The van der Waals surface area contributed by atoms with Gasteiger partial charge in [-0.15, -0.1) is 0 Å². The van der Waals surface area contributed by atoms with Crippen molar-refractivity contribution in [2.75, 3.05) is 0 Å². The van der Waals surface area contributed by atoms with Crippen molar-refractivity contribution in [3.63, 3.8) is 0 Å². The van der Waals surface area contributed by atoms with Crippen molar-refractivity contribution >= 4 is 11.8 Å². The molecule has 3 aliphatic heterocycles. The Morgan fingerprint density at radius 3 is 2.00 bits per heavy atom. The van der Waals surface area contributed by atoms with E-state index in [4.69, 9.17) is 23.7 Å². The summed E-state index contributed by atoms with van der Waals surface area (Å²) in [6, 6.07) is 0. The van der Waals surface area contributed by atoms with Crippen LogP contribution in [-0.4, -0.2) is 99.2 Å². The minimum absolute atomic E-state index is 0.0226. The summed E-state index contributed by atoms with van der Waals surface area (Å²) in [6.45, 7) is 23.4. The van der Waals surface area contributed by atoms with Gasteiger partial charge in [0.2, 0.25) is 0 Å². The van der Waals surface area contributed by atoms with Crippen LogP contribution in [0.25, 0.3) is 0 Å². The molecule has 3 aliphatic rings. The topological polar surface area (TPSA) is 161 Å². The summed E-state index contributed by atoms with van der Waals surface area (Å²) in [7, 11) is 0. The van der Waals surface area contributed by atoms with E-state index < -0.39 is 101 Å². The molecule has 16 atom stereocenters. The van der Waals surface area contributed by atoms with Crippen LogP contribution in [0.2, 0.25) is 0 Å². The number of aliphatic hydroxyl groups excluding tert-OH is 3. The second kappa shape index (κ2) is 15.6. The zero-order chi connectivity index (χ0) is 36.7. The van der Waals surface area contributed by atoms with Gasteiger partial charge in [0.15, 0.2) is 12.6 Å². The maximum atomic E-state index is 14.1. The van der Waals surface area contributed by atoms with Crippen LogP contribution in [0, 0.1) is 40.4 Å². The average Bonchev–Trinajstić information content (AvgIpc) is 2.99. The third-order valence-corrected chi connectivity index (χ3v) is 11.6. The molecule has 0 spiro atoms. The molecule has 0 saturated carbocycles. The molecule has 4 N–H and O–H groups in total. The summed E-state index contributed by atoms with van der Waals surface area (Å²) in [6.07, 6.45) is -6.87. The Balaban J connectivity index is 2.16. The molecule has 0 radical (unpaired) electrons. The Hall–Kier alpha value is -1.18. The molecule has 0 amide bonds. The number of hydrogen-bond acceptors (Lipinski definition) is 11. The van der Waals surface area contributed by atoms with Gasteiger partial charge in [0.25, 0.3) is 0 Å². The first-order valence-corrected chi connectivity index (χ1v) is 18.1. The number of esters is 1. The molecule has 0 aromatic rings. The molecular formula is C37H66O11. The van der Waals surface area contributed by atoms with Crippen LogP contribution in [0.4, 0.5) is 0 Å². The molecule has 48 heavy (non-hydrogen) atoms. The van der Waals surface area contributed by atoms with Crippen molar-refractivity contribution in [2.45, 2.75) is 183 Å². The minimum atomic E-state index is -1.68. The number of carbonyl (C=O) groups is 2. The van der Waals surface area contributed by atoms with Gasteiger partial charge in [-0.05, 0) is 58.3 Å². The van der Waals surface area contributed by atoms with Crippen LogP contribution >= 0.6 is 0 Å². The van der Waals surface area contributed by atoms with Crippen LogP contribution in [-0.2, 0) is 33.3 Å². The van der Waals surface area contributed by atoms with Crippen molar-refractivity contribution in [2.24, 2.45) is 40.4 Å². The first kappa shape index (κ1) is 41.2. The SMILES string of the molecule is CC[C@H]1OC(=O)[C@H](C)[C@@H](O[C@H]2CC(C)(C)[C@@H](O)[C@H](C)O2)[C@H](C)[C@@H](O[C@@H]2O[C@H](C)C[C@H](C)[C@H]2O)[C@@](C)(O)C[C@@H](C)C(=O)[C@H](C)[C@@H](O)C1(C)C. The highest BCUT2D eigenvalue weighted by molar-refractivity contribution is 5.83. The molecule has 3 heterocycles. The lowest BCUT2D eigenvalue weighted by Crippen LogP contribution is -2.58. The molecular weight excluding hydrogens is 620 g/mol. The molecule has 3 saturated heterocycles. The fraction of sp³-hybridized carbons (Fsp3) is 0.946. The van der Waals surface area contributed by atoms with Crippen LogP contribution in [0.5, 0.6) is 0 Å². The Bertz CT molecular complexity index is 1090. The Morgan fingerprint density at radius 2 is 1.44 bits per heavy atom. The van der Waals surface area contributed by atoms with E-state index in [1.165, 1.54) is 0 Å². The molecule has 280 valence electrons. The van der Waals surface area contributed by atoms with E-state index in [9.17, 15) is 30.0 Å². The van der Waals surface area contributed by atoms with Gasteiger partial charge in [0.1, 0.15) is 18.0 Å². The van der Waals surface area contributed by atoms with Crippen LogP contribution in [0.1, 0.15) is 116 Å². The molecule has 0 bridgehead atoms. The number of rotatable bonds is 5. The fourth-order valence-electron chi connectivity index (χ4n) is 8.48. The first-order chi connectivity index (χ1) is 22.0. The van der Waals surface area contributed by atoms with Crippen molar-refractivity contribution in [3.8, 4) is 0 Å². The van der Waals surface area contributed by atoms with Gasteiger partial charge in [-0.1, -0.05) is 62.3 Å². The lowest BCUT2D eigenvalue weighted by molar-refractivity contribution is -0.312. The van der Waals surface area contributed by atoms with Gasteiger partial charge in [0.05, 0.1) is 48.1 Å². The number of hydrogen-bond donors (Lipinski definition) is 4. The van der Waals surface area contributed by atoms with E-state index in [0.717, 1.165) is 0 Å². The fourth-order valence-corrected chi connectivity index (χ4v) is 8.48. The molecule has 3 fully saturated rings. The lowest BCUT2D eigenvalue weighted by Gasteiger charge is -2.48. The van der Waals surface area contributed by atoms with Crippen molar-refractivity contribution < 1.29 is 53.7 Å². The van der Waals surface area contributed by atoms with Crippen LogP contribution in [0.3, 0.4) is 0 Å². The third-order valence-electron chi connectivity index (χ3n) is 11.6. The first-order valence-electron chi connectivity index (χ1n) is 18.1. The average molecular weight is 687 g/mol. The van der Waals surface area contributed by atoms with E-state index in [1.54, 1.807) is 48.5 Å². The van der Waals surface area contributed by atoms with Crippen molar-refractivity contribution in [3.05, 3.63) is 0 Å². The Labute approximate surface area is 288 Å². The number of cyclic esters (lactones) is 1. The largest absolute Gasteiger partial charge is 0.461 e. The quantitative estimate of drug-likeness (QED) is 0.304. The highest BCUT2D eigenvalue weighted by atomic mass is 16.7. The number of carbonyl (C=O) groups excluding carboxylic acids is 2. The van der Waals surface area contributed by atoms with E-state index >= 15 is 0 Å². The number of ketones is 1. The summed E-state index contributed by atoms with van der Waals surface area (Å²) in [5.41, 5.74) is -3.20. The highest BCUT2D eigenvalue weighted by Crippen LogP contribution is 2.42. The number of Topliss-reactive ketones (excluding diaryl/α,β-unsaturated/α-hetero) is 1. The second-order valence-corrected chi connectivity index (χ2v) is 17.0. The normalized spacial score (nSPS) is 48.0. The Kier molecular flexibility index (Phi) is 13.4. The zero-order valence-corrected chi connectivity index (χ0v) is 31.6. The van der Waals surface area contributed by atoms with Gasteiger partial charge in [-0.2, -0.15) is 0 Å². The van der Waals surface area contributed by atoms with Gasteiger partial charge < -0.3 is 44.1 Å². The smallest absolute Gasteiger partial charge is 0.311 e. The summed E-state index contributed by atoms with van der Waals surface area (Å²) in [5.74, 6) is -4.04. The van der Waals surface area contributed by atoms with Gasteiger partial charge in [-0.25, -0.2) is 0 Å². The zero-order valence-electron chi connectivity index (χ0n) is 31.6. The van der Waals surface area contributed by atoms with Gasteiger partial charge in [0, 0.05) is 29.6 Å². The molecule has 11 nitrogen and oxygen atoms in total. The van der Waals surface area contributed by atoms with Gasteiger partial charge in [-0.3, -0.25) is 9.59 Å². The second-order valence-electron chi connectivity index (χ2n) is 17.0. The molecule has 0 aliphatic carbocycles. The van der Waals surface area contributed by atoms with E-state index in [1.807, 2.05) is 41.5 Å². The number of aliphatic hydroxyl groups is 4. The van der Waals surface area contributed by atoms with Crippen LogP contribution in [0.15, 0.2) is 0 Å². The molecule has 0 aromatic carbocycles. The minimum Gasteiger partial charge on any atom is -0.461 e. The molecule has 3 rings (SSSR count). The maximum absolute atomic E-state index is 14.1. The van der Waals surface area contributed by atoms with Crippen molar-refractivity contribution in [1.82, 2.24) is 0 Å². The van der Waals surface area contributed by atoms with Gasteiger partial charge >= 0.3 is 5.97 Å². The third kappa shape index (κ3) is 8.81. The van der Waals surface area contributed by atoms with E-state index in [2.05, 4.69) is 0 Å². The predicted molar refractivity (Wildman–Crippen MR) is 179 cm³/mol. The summed E-state index contributed by atoms with van der Waals surface area (Å²) in [5, 5.41) is 45.8.